The van der Waals surface area contributed by atoms with Crippen LogP contribution < -0.4 is 0 Å². The van der Waals surface area contributed by atoms with Crippen molar-refractivity contribution >= 4 is 43.9 Å². The molecule has 2 heterocycles. The largest absolute Gasteiger partial charge is 0.455 e. The van der Waals surface area contributed by atoms with Gasteiger partial charge in [0.1, 0.15) is 22.3 Å². The maximum atomic E-state index is 6.90. The van der Waals surface area contributed by atoms with Crippen LogP contribution >= 0.6 is 0 Å². The second-order valence-electron chi connectivity index (χ2n) is 13.1. The van der Waals surface area contributed by atoms with Crippen molar-refractivity contribution in [2.45, 2.75) is 38.5 Å². The molecule has 2 aromatic heterocycles. The minimum Gasteiger partial charge on any atom is -0.455 e. The van der Waals surface area contributed by atoms with E-state index >= 15 is 0 Å². The van der Waals surface area contributed by atoms with Gasteiger partial charge in [0.05, 0.1) is 0 Å². The Balaban J connectivity index is 1.38. The van der Waals surface area contributed by atoms with E-state index in [1.165, 1.54) is 79.2 Å². The Morgan fingerprint density at radius 3 is 1.70 bits per heavy atom. The van der Waals surface area contributed by atoms with Crippen LogP contribution in [-0.2, 0) is 18.3 Å². The summed E-state index contributed by atoms with van der Waals surface area (Å²) < 4.78 is 13.8. The first-order valence-corrected chi connectivity index (χ1v) is 15.7. The molecule has 0 radical (unpaired) electrons. The molecule has 6 aromatic carbocycles. The molecular formula is C42H30O2. The first-order valence-electron chi connectivity index (χ1n) is 15.7. The van der Waals surface area contributed by atoms with Crippen molar-refractivity contribution in [1.29, 1.82) is 0 Å². The lowest BCUT2D eigenvalue weighted by Crippen LogP contribution is -2.15. The fourth-order valence-electron chi connectivity index (χ4n) is 8.24. The molecule has 0 amide bonds. The summed E-state index contributed by atoms with van der Waals surface area (Å²) in [7, 11) is 0. The fraction of sp³-hybridized carbons (Fsp3) is 0.143. The molecule has 10 rings (SSSR count). The van der Waals surface area contributed by atoms with Crippen LogP contribution in [0.1, 0.15) is 42.5 Å². The van der Waals surface area contributed by atoms with Gasteiger partial charge in [-0.05, 0) is 88.0 Å². The molecule has 8 aromatic rings. The zero-order chi connectivity index (χ0) is 29.2. The Hall–Kier alpha value is -5.08. The Labute approximate surface area is 255 Å². The zero-order valence-electron chi connectivity index (χ0n) is 24.8. The second kappa shape index (κ2) is 8.51. The van der Waals surface area contributed by atoms with E-state index in [1.807, 2.05) is 0 Å². The first-order chi connectivity index (χ1) is 21.6. The van der Waals surface area contributed by atoms with Gasteiger partial charge in [-0.1, -0.05) is 98.8 Å². The van der Waals surface area contributed by atoms with Crippen LogP contribution in [0, 0.1) is 0 Å². The van der Waals surface area contributed by atoms with Crippen LogP contribution in [0.5, 0.6) is 0 Å². The lowest BCUT2D eigenvalue weighted by atomic mass is 9.80. The van der Waals surface area contributed by atoms with Crippen LogP contribution in [-0.4, -0.2) is 0 Å². The maximum Gasteiger partial charge on any atom is 0.144 e. The average Bonchev–Trinajstić information content (AvgIpc) is 3.82. The van der Waals surface area contributed by atoms with E-state index in [9.17, 15) is 0 Å². The molecule has 0 N–H and O–H groups in total. The minimum atomic E-state index is -0.264. The van der Waals surface area contributed by atoms with E-state index in [0.717, 1.165) is 39.5 Å². The first kappa shape index (κ1) is 24.4. The number of hydrogen-bond acceptors (Lipinski definition) is 2. The second-order valence-corrected chi connectivity index (χ2v) is 13.1. The summed E-state index contributed by atoms with van der Waals surface area (Å²) in [6, 6.07) is 39.7. The van der Waals surface area contributed by atoms with Gasteiger partial charge in [-0.15, -0.1) is 0 Å². The standard InChI is InChI=1S/C42H30O2/c1-42(2)32-22-30(25-11-4-3-5-12-25)36-28-15-6-8-17-34(28)43-40(36)38(32)39-33(42)23-31(27-20-19-24-13-10-14-26(24)21-27)37-29-16-7-9-18-35(29)44-41(37)39/h3-9,11-12,15-23H,10,13-14H2,1-2H3. The highest BCUT2D eigenvalue weighted by molar-refractivity contribution is 6.23. The quantitative estimate of drug-likeness (QED) is 0.208. The molecule has 2 aliphatic rings. The normalized spacial score (nSPS) is 15.0. The van der Waals surface area contributed by atoms with Gasteiger partial charge in [-0.25, -0.2) is 0 Å². The summed E-state index contributed by atoms with van der Waals surface area (Å²) >= 11 is 0. The molecule has 0 aliphatic heterocycles. The molecule has 2 aliphatic carbocycles. The van der Waals surface area contributed by atoms with Crippen molar-refractivity contribution in [1.82, 2.24) is 0 Å². The van der Waals surface area contributed by atoms with Crippen molar-refractivity contribution in [3.8, 4) is 33.4 Å². The summed E-state index contributed by atoms with van der Waals surface area (Å²) in [5.74, 6) is 0. The third-order valence-electron chi connectivity index (χ3n) is 10.4. The van der Waals surface area contributed by atoms with E-state index in [1.54, 1.807) is 0 Å². The average molecular weight is 567 g/mol. The topological polar surface area (TPSA) is 26.3 Å². The van der Waals surface area contributed by atoms with Gasteiger partial charge < -0.3 is 8.83 Å². The molecule has 0 fully saturated rings. The summed E-state index contributed by atoms with van der Waals surface area (Å²) in [5.41, 5.74) is 16.3. The van der Waals surface area contributed by atoms with Gasteiger partial charge in [0.2, 0.25) is 0 Å². The highest BCUT2D eigenvalue weighted by Gasteiger charge is 2.42. The van der Waals surface area contributed by atoms with Gasteiger partial charge >= 0.3 is 0 Å². The van der Waals surface area contributed by atoms with Crippen molar-refractivity contribution in [2.24, 2.45) is 0 Å². The lowest BCUT2D eigenvalue weighted by Gasteiger charge is -2.23. The number of hydrogen-bond donors (Lipinski definition) is 0. The molecule has 2 heteroatoms. The molecular weight excluding hydrogens is 536 g/mol. The van der Waals surface area contributed by atoms with Crippen LogP contribution in [0.2, 0.25) is 0 Å². The fourth-order valence-corrected chi connectivity index (χ4v) is 8.24. The SMILES string of the molecule is CC1(C)c2cc(-c3ccccc3)c3c(oc4ccccc43)c2-c2c1cc(-c1ccc3c(c1)CCC3)c1c2oc2ccccc21. The third kappa shape index (κ3) is 3.10. The monoisotopic (exact) mass is 566 g/mol. The van der Waals surface area contributed by atoms with Gasteiger partial charge in [0.25, 0.3) is 0 Å². The number of benzene rings is 6. The summed E-state index contributed by atoms with van der Waals surface area (Å²) in [5, 5.41) is 4.67. The molecule has 44 heavy (non-hydrogen) atoms. The highest BCUT2D eigenvalue weighted by atomic mass is 16.3. The zero-order valence-corrected chi connectivity index (χ0v) is 24.8. The van der Waals surface area contributed by atoms with Crippen LogP contribution in [0.15, 0.2) is 118 Å². The number of aryl methyl sites for hydroxylation is 2. The molecule has 0 atom stereocenters. The molecule has 0 bridgehead atoms. The lowest BCUT2D eigenvalue weighted by molar-refractivity contribution is 0.651. The number of fused-ring (bicyclic) bond motifs is 12. The van der Waals surface area contributed by atoms with Crippen LogP contribution in [0.4, 0.5) is 0 Å². The minimum absolute atomic E-state index is 0.264. The Bertz CT molecular complexity index is 2490. The molecule has 0 spiro atoms. The van der Waals surface area contributed by atoms with E-state index in [4.69, 9.17) is 8.83 Å². The van der Waals surface area contributed by atoms with Gasteiger partial charge in [0, 0.05) is 38.1 Å². The summed E-state index contributed by atoms with van der Waals surface area (Å²) in [6.07, 6.45) is 3.59. The molecule has 0 saturated heterocycles. The van der Waals surface area contributed by atoms with Crippen molar-refractivity contribution < 1.29 is 8.83 Å². The van der Waals surface area contributed by atoms with E-state index < -0.39 is 0 Å². The Morgan fingerprint density at radius 2 is 1.07 bits per heavy atom. The number of para-hydroxylation sites is 2. The molecule has 210 valence electrons. The molecule has 2 nitrogen and oxygen atoms in total. The predicted molar refractivity (Wildman–Crippen MR) is 181 cm³/mol. The van der Waals surface area contributed by atoms with E-state index in [2.05, 4.69) is 123 Å². The van der Waals surface area contributed by atoms with E-state index in [-0.39, 0.29) is 5.41 Å². The third-order valence-corrected chi connectivity index (χ3v) is 10.4. The number of rotatable bonds is 2. The maximum absolute atomic E-state index is 6.90. The van der Waals surface area contributed by atoms with Gasteiger partial charge in [-0.3, -0.25) is 0 Å². The summed E-state index contributed by atoms with van der Waals surface area (Å²) in [4.78, 5) is 0. The number of furan rings is 2. The van der Waals surface area contributed by atoms with Crippen molar-refractivity contribution in [3.05, 3.63) is 131 Å². The van der Waals surface area contributed by atoms with Crippen LogP contribution in [0.3, 0.4) is 0 Å². The van der Waals surface area contributed by atoms with Gasteiger partial charge in [0.15, 0.2) is 0 Å². The smallest absolute Gasteiger partial charge is 0.144 e. The molecule has 0 unspecified atom stereocenters. The predicted octanol–water partition coefficient (Wildman–Crippen LogP) is 11.6. The van der Waals surface area contributed by atoms with Crippen molar-refractivity contribution in [2.75, 3.05) is 0 Å². The molecule has 0 saturated carbocycles. The van der Waals surface area contributed by atoms with E-state index in [0.29, 0.717) is 0 Å². The van der Waals surface area contributed by atoms with Crippen LogP contribution in [0.25, 0.3) is 77.3 Å². The van der Waals surface area contributed by atoms with Crippen molar-refractivity contribution in [3.63, 3.8) is 0 Å². The Morgan fingerprint density at radius 1 is 0.523 bits per heavy atom. The van der Waals surface area contributed by atoms with Gasteiger partial charge in [-0.2, -0.15) is 0 Å². The Kier molecular flexibility index (Phi) is 4.72. The summed E-state index contributed by atoms with van der Waals surface area (Å²) in [6.45, 7) is 4.73. The highest BCUT2D eigenvalue weighted by Crippen LogP contribution is 2.58.